The summed E-state index contributed by atoms with van der Waals surface area (Å²) in [5.74, 6) is -1.42. The maximum absolute atomic E-state index is 12.7. The van der Waals surface area contributed by atoms with Gasteiger partial charge in [-0.2, -0.15) is 14.0 Å². The molecule has 3 rings (SSSR count). The van der Waals surface area contributed by atoms with E-state index in [1.54, 1.807) is 18.2 Å². The lowest BCUT2D eigenvalue weighted by molar-refractivity contribution is -0.118. The number of likely N-dealkylation sites (tertiary alicyclic amines) is 1. The van der Waals surface area contributed by atoms with Crippen molar-refractivity contribution in [2.75, 3.05) is 19.6 Å². The monoisotopic (exact) mass is 502 g/mol. The highest BCUT2D eigenvalue weighted by atomic mass is 19.3. The van der Waals surface area contributed by atoms with Crippen molar-refractivity contribution >= 4 is 18.6 Å². The highest BCUT2D eigenvalue weighted by molar-refractivity contribution is 5.94. The Morgan fingerprint density at radius 2 is 2.14 bits per heavy atom. The number of hydrogen-bond donors (Lipinski definition) is 2. The zero-order valence-electron chi connectivity index (χ0n) is 20.1. The third-order valence-corrected chi connectivity index (χ3v) is 6.34. The highest BCUT2D eigenvalue weighted by Crippen LogP contribution is 2.30. The topological polar surface area (TPSA) is 124 Å². The Morgan fingerprint density at radius 3 is 2.75 bits per heavy atom. The molecule has 2 aliphatic heterocycles. The second-order valence-corrected chi connectivity index (χ2v) is 8.61. The molecule has 0 bridgehead atoms. The molecule has 1 atom stereocenters. The number of piperidine rings is 1. The minimum atomic E-state index is -3.16. The van der Waals surface area contributed by atoms with E-state index in [2.05, 4.69) is 26.7 Å². The smallest absolute Gasteiger partial charge is 0.387 e. The SMILES string of the molecule is C=N/C(=C\C(OC(F)F)=C(/C)C#N)C(=O)NC1CCN(C[C@H](O)c2ccc3c(c2C)COC3=O)CC1. The van der Waals surface area contributed by atoms with Gasteiger partial charge < -0.3 is 24.8 Å². The summed E-state index contributed by atoms with van der Waals surface area (Å²) in [7, 11) is 0. The zero-order chi connectivity index (χ0) is 26.4. The van der Waals surface area contributed by atoms with Crippen LogP contribution in [0.25, 0.3) is 0 Å². The number of cyclic esters (lactones) is 1. The van der Waals surface area contributed by atoms with Crippen LogP contribution in [0.1, 0.15) is 52.9 Å². The fourth-order valence-electron chi connectivity index (χ4n) is 4.28. The maximum atomic E-state index is 12.7. The number of aliphatic hydroxyl groups excluding tert-OH is 1. The molecule has 36 heavy (non-hydrogen) atoms. The number of benzene rings is 1. The van der Waals surface area contributed by atoms with Crippen LogP contribution in [0.5, 0.6) is 0 Å². The molecular weight excluding hydrogens is 474 g/mol. The number of halogens is 2. The first-order valence-corrected chi connectivity index (χ1v) is 11.4. The van der Waals surface area contributed by atoms with Crippen LogP contribution in [0.2, 0.25) is 0 Å². The number of hydrogen-bond acceptors (Lipinski definition) is 8. The van der Waals surface area contributed by atoms with E-state index in [1.807, 2.05) is 6.92 Å². The third-order valence-electron chi connectivity index (χ3n) is 6.34. The number of fused-ring (bicyclic) bond motifs is 1. The van der Waals surface area contributed by atoms with E-state index < -0.39 is 24.4 Å². The number of carbonyl (C=O) groups excluding carboxylic acids is 2. The summed E-state index contributed by atoms with van der Waals surface area (Å²) >= 11 is 0. The van der Waals surface area contributed by atoms with E-state index in [-0.39, 0.29) is 29.9 Å². The molecule has 0 radical (unpaired) electrons. The fourth-order valence-corrected chi connectivity index (χ4v) is 4.28. The van der Waals surface area contributed by atoms with Crippen molar-refractivity contribution < 1.29 is 33.0 Å². The van der Waals surface area contributed by atoms with Gasteiger partial charge in [-0.25, -0.2) is 4.79 Å². The Bertz CT molecular complexity index is 1130. The molecule has 2 N–H and O–H groups in total. The van der Waals surface area contributed by atoms with Crippen molar-refractivity contribution in [1.82, 2.24) is 10.2 Å². The lowest BCUT2D eigenvalue weighted by Gasteiger charge is -2.33. The summed E-state index contributed by atoms with van der Waals surface area (Å²) in [6.45, 7) is 5.13. The molecule has 11 heteroatoms. The summed E-state index contributed by atoms with van der Waals surface area (Å²) in [4.78, 5) is 30.0. The minimum absolute atomic E-state index is 0.131. The first kappa shape index (κ1) is 27.0. The van der Waals surface area contributed by atoms with Gasteiger partial charge in [0.25, 0.3) is 5.91 Å². The molecule has 9 nitrogen and oxygen atoms in total. The van der Waals surface area contributed by atoms with Crippen LogP contribution < -0.4 is 5.32 Å². The predicted molar refractivity (Wildman–Crippen MR) is 126 cm³/mol. The van der Waals surface area contributed by atoms with E-state index in [0.717, 1.165) is 22.8 Å². The first-order valence-electron chi connectivity index (χ1n) is 11.4. The Labute approximate surface area is 207 Å². The van der Waals surface area contributed by atoms with Gasteiger partial charge in [0, 0.05) is 37.3 Å². The van der Waals surface area contributed by atoms with Gasteiger partial charge in [0.2, 0.25) is 0 Å². The number of amides is 1. The Balaban J connectivity index is 1.56. The molecule has 192 valence electrons. The van der Waals surface area contributed by atoms with Crippen LogP contribution >= 0.6 is 0 Å². The van der Waals surface area contributed by atoms with Crippen LogP contribution in [0, 0.1) is 18.3 Å². The molecule has 0 spiro atoms. The second kappa shape index (κ2) is 11.9. The largest absolute Gasteiger partial charge is 0.457 e. The molecule has 1 aromatic rings. The van der Waals surface area contributed by atoms with Gasteiger partial charge in [-0.15, -0.1) is 0 Å². The fraction of sp³-hybridized carbons (Fsp3) is 0.440. The molecular formula is C25H28F2N4O5. The molecule has 0 saturated carbocycles. The molecule has 1 fully saturated rings. The van der Waals surface area contributed by atoms with Crippen LogP contribution in [-0.2, 0) is 20.9 Å². The number of rotatable bonds is 9. The summed E-state index contributed by atoms with van der Waals surface area (Å²) in [6, 6.07) is 4.95. The predicted octanol–water partition coefficient (Wildman–Crippen LogP) is 2.90. The number of aliphatic imine (C=N–C) groups is 1. The molecule has 0 aromatic heterocycles. The minimum Gasteiger partial charge on any atom is -0.457 e. The number of nitrogens with zero attached hydrogens (tertiary/aromatic N) is 3. The van der Waals surface area contributed by atoms with E-state index in [9.17, 15) is 23.5 Å². The Morgan fingerprint density at radius 1 is 1.44 bits per heavy atom. The molecule has 0 unspecified atom stereocenters. The number of nitrogens with one attached hydrogen (secondary N) is 1. The lowest BCUT2D eigenvalue weighted by atomic mass is 9.94. The number of allylic oxidation sites excluding steroid dienone is 2. The lowest BCUT2D eigenvalue weighted by Crippen LogP contribution is -2.45. The van der Waals surface area contributed by atoms with Crippen LogP contribution in [0.4, 0.5) is 8.78 Å². The summed E-state index contributed by atoms with van der Waals surface area (Å²) in [5, 5.41) is 22.6. The van der Waals surface area contributed by atoms with E-state index in [0.29, 0.717) is 38.0 Å². The normalized spacial score (nSPS) is 18.1. The van der Waals surface area contributed by atoms with Crippen molar-refractivity contribution in [3.8, 4) is 6.07 Å². The quantitative estimate of drug-likeness (QED) is 0.133. The summed E-state index contributed by atoms with van der Waals surface area (Å²) < 4.78 is 34.7. The zero-order valence-corrected chi connectivity index (χ0v) is 20.1. The molecule has 0 aliphatic carbocycles. The van der Waals surface area contributed by atoms with Crippen LogP contribution in [0.3, 0.4) is 0 Å². The van der Waals surface area contributed by atoms with Gasteiger partial charge >= 0.3 is 12.6 Å². The highest BCUT2D eigenvalue weighted by Gasteiger charge is 2.28. The first-order chi connectivity index (χ1) is 17.1. The second-order valence-electron chi connectivity index (χ2n) is 8.61. The number of β-amino-alcohol motifs (C(OH)–C–C–N with tert-alkyl or cyclic N) is 1. The van der Waals surface area contributed by atoms with Gasteiger partial charge in [0.05, 0.1) is 23.3 Å². The van der Waals surface area contributed by atoms with Crippen molar-refractivity contribution in [2.45, 2.75) is 52.1 Å². The van der Waals surface area contributed by atoms with Crippen molar-refractivity contribution in [2.24, 2.45) is 4.99 Å². The average molecular weight is 503 g/mol. The van der Waals surface area contributed by atoms with Crippen LogP contribution in [0.15, 0.2) is 40.2 Å². The van der Waals surface area contributed by atoms with Gasteiger partial charge in [0.15, 0.2) is 0 Å². The van der Waals surface area contributed by atoms with E-state index in [1.165, 1.54) is 6.92 Å². The number of nitriles is 1. The van der Waals surface area contributed by atoms with Gasteiger partial charge in [-0.05, 0) is 50.6 Å². The molecule has 1 amide bonds. The third kappa shape index (κ3) is 6.33. The summed E-state index contributed by atoms with van der Waals surface area (Å²) in [6.07, 6.45) is 1.42. The Kier molecular flexibility index (Phi) is 8.90. The molecule has 1 saturated heterocycles. The number of alkyl halides is 2. The molecule has 1 aromatic carbocycles. The summed E-state index contributed by atoms with van der Waals surface area (Å²) in [5.41, 5.74) is 2.56. The van der Waals surface area contributed by atoms with Gasteiger partial charge in [-0.3, -0.25) is 9.79 Å². The van der Waals surface area contributed by atoms with Crippen molar-refractivity contribution in [1.29, 1.82) is 5.26 Å². The standard InChI is InChI=1S/C25H28F2N4O5/c1-14(11-28)22(36-25(26)27)10-20(29-3)23(33)30-16-6-8-31(9-7-16)12-21(32)17-4-5-18-19(15(17)2)13-35-24(18)34/h4-5,10,16,21,25,32H,3,6-9,12-13H2,1-2H3,(H,30,33)/b20-10-,22-14-/t21-/m0/s1. The van der Waals surface area contributed by atoms with Crippen LogP contribution in [-0.4, -0.2) is 60.9 Å². The number of esters is 1. The average Bonchev–Trinajstić information content (AvgIpc) is 3.23. The number of carbonyl (C=O) groups is 2. The van der Waals surface area contributed by atoms with Crippen molar-refractivity contribution in [3.05, 3.63) is 57.5 Å². The molecule has 2 aliphatic rings. The maximum Gasteiger partial charge on any atom is 0.387 e. The number of aliphatic hydroxyl groups is 1. The molecule has 2 heterocycles. The Hall–Kier alpha value is -3.62. The van der Waals surface area contributed by atoms with E-state index in [4.69, 9.17) is 10.00 Å². The van der Waals surface area contributed by atoms with Gasteiger partial charge in [0.1, 0.15) is 18.1 Å². The van der Waals surface area contributed by atoms with Crippen molar-refractivity contribution in [3.63, 3.8) is 0 Å². The van der Waals surface area contributed by atoms with E-state index >= 15 is 0 Å². The van der Waals surface area contributed by atoms with Gasteiger partial charge in [-0.1, -0.05) is 6.07 Å². The number of ether oxygens (including phenoxy) is 2.